The normalized spacial score (nSPS) is 10.2. The van der Waals surface area contributed by atoms with Gasteiger partial charge in [-0.05, 0) is 50.6 Å². The first-order valence-electron chi connectivity index (χ1n) is 6.60. The number of ether oxygens (including phenoxy) is 1. The van der Waals surface area contributed by atoms with Crippen LogP contribution in [-0.2, 0) is 4.74 Å². The van der Waals surface area contributed by atoms with Crippen LogP contribution in [0.15, 0.2) is 40.4 Å². The van der Waals surface area contributed by atoms with Crippen LogP contribution in [0.4, 0.5) is 10.5 Å². The van der Waals surface area contributed by atoms with Crippen LogP contribution in [0.25, 0.3) is 0 Å². The molecule has 0 spiro atoms. The Hall–Kier alpha value is -2.08. The minimum absolute atomic E-state index is 0.353. The first-order valence-corrected chi connectivity index (χ1v) is 7.42. The maximum absolute atomic E-state index is 11.3. The molecule has 1 heterocycles. The molecule has 5 nitrogen and oxygen atoms in total. The van der Waals surface area contributed by atoms with Crippen LogP contribution in [0.5, 0.6) is 0 Å². The van der Waals surface area contributed by atoms with Crippen LogP contribution < -0.4 is 5.32 Å². The van der Waals surface area contributed by atoms with E-state index in [2.05, 4.69) is 15.3 Å². The number of nitrogens with one attached hydrogen (secondary N) is 1. The summed E-state index contributed by atoms with van der Waals surface area (Å²) in [5.74, 6) is 0.753. The molecule has 1 aromatic heterocycles. The van der Waals surface area contributed by atoms with Gasteiger partial charge in [-0.25, -0.2) is 14.8 Å². The van der Waals surface area contributed by atoms with Crippen molar-refractivity contribution in [3.05, 3.63) is 41.9 Å². The Balaban J connectivity index is 2.05. The van der Waals surface area contributed by atoms with Crippen molar-refractivity contribution in [2.45, 2.75) is 30.7 Å². The van der Waals surface area contributed by atoms with Gasteiger partial charge in [0.1, 0.15) is 10.9 Å². The summed E-state index contributed by atoms with van der Waals surface area (Å²) < 4.78 is 4.83. The second-order valence-corrected chi connectivity index (χ2v) is 5.44. The van der Waals surface area contributed by atoms with E-state index in [1.165, 1.54) is 0 Å². The van der Waals surface area contributed by atoms with Crippen molar-refractivity contribution in [3.63, 3.8) is 0 Å². The lowest BCUT2D eigenvalue weighted by molar-refractivity contribution is 0.168. The third kappa shape index (κ3) is 4.46. The van der Waals surface area contributed by atoms with Crippen molar-refractivity contribution >= 4 is 23.5 Å². The van der Waals surface area contributed by atoms with Gasteiger partial charge in [-0.3, -0.25) is 5.32 Å². The summed E-state index contributed by atoms with van der Waals surface area (Å²) in [7, 11) is 0. The number of hydrogen-bond acceptors (Lipinski definition) is 5. The van der Waals surface area contributed by atoms with Crippen LogP contribution >= 0.6 is 11.8 Å². The number of hydrogen-bond donors (Lipinski definition) is 1. The Labute approximate surface area is 128 Å². The molecule has 0 saturated carbocycles. The van der Waals surface area contributed by atoms with Crippen LogP contribution in [0.2, 0.25) is 0 Å². The van der Waals surface area contributed by atoms with Crippen LogP contribution in [-0.4, -0.2) is 22.7 Å². The highest BCUT2D eigenvalue weighted by molar-refractivity contribution is 7.99. The number of benzene rings is 1. The lowest BCUT2D eigenvalue weighted by Gasteiger charge is -2.07. The average molecular weight is 303 g/mol. The van der Waals surface area contributed by atoms with Gasteiger partial charge in [-0.15, -0.1) is 0 Å². The minimum Gasteiger partial charge on any atom is -0.450 e. The van der Waals surface area contributed by atoms with E-state index in [0.717, 1.165) is 21.3 Å². The zero-order valence-electron chi connectivity index (χ0n) is 12.2. The Bertz CT molecular complexity index is 629. The Morgan fingerprint density at radius 1 is 1.29 bits per heavy atom. The third-order valence-corrected chi connectivity index (χ3v) is 3.75. The van der Waals surface area contributed by atoms with Crippen molar-refractivity contribution in [1.29, 1.82) is 0 Å². The van der Waals surface area contributed by atoms with E-state index >= 15 is 0 Å². The lowest BCUT2D eigenvalue weighted by atomic mass is 10.3. The number of carbonyl (C=O) groups is 1. The molecule has 0 unspecified atom stereocenters. The van der Waals surface area contributed by atoms with E-state index in [-0.39, 0.29) is 0 Å². The summed E-state index contributed by atoms with van der Waals surface area (Å²) in [4.78, 5) is 20.9. The quantitative estimate of drug-likeness (QED) is 0.870. The van der Waals surface area contributed by atoms with Crippen LogP contribution in [0.1, 0.15) is 18.3 Å². The SMILES string of the molecule is CCOC(=O)Nc1ccc(Sc2nc(C)ncc2C)cc1. The Morgan fingerprint density at radius 3 is 2.67 bits per heavy atom. The standard InChI is InChI=1S/C15H17N3O2S/c1-4-20-15(19)18-12-5-7-13(8-6-12)21-14-10(2)9-16-11(3)17-14/h5-9H,4H2,1-3H3,(H,18,19). The third-order valence-electron chi connectivity index (χ3n) is 2.64. The fourth-order valence-electron chi connectivity index (χ4n) is 1.62. The molecular formula is C15H17N3O2S. The molecule has 1 amide bonds. The largest absolute Gasteiger partial charge is 0.450 e. The lowest BCUT2D eigenvalue weighted by Crippen LogP contribution is -2.12. The van der Waals surface area contributed by atoms with E-state index in [0.29, 0.717) is 12.3 Å². The van der Waals surface area contributed by atoms with Crippen molar-refractivity contribution in [1.82, 2.24) is 9.97 Å². The summed E-state index contributed by atoms with van der Waals surface area (Å²) in [6.07, 6.45) is 1.38. The molecule has 0 radical (unpaired) electrons. The molecule has 0 saturated heterocycles. The van der Waals surface area contributed by atoms with Gasteiger partial charge in [0.05, 0.1) is 6.61 Å². The molecule has 21 heavy (non-hydrogen) atoms. The molecule has 0 aliphatic rings. The average Bonchev–Trinajstić information content (AvgIpc) is 2.45. The summed E-state index contributed by atoms with van der Waals surface area (Å²) >= 11 is 1.57. The van der Waals surface area contributed by atoms with Crippen molar-refractivity contribution < 1.29 is 9.53 Å². The van der Waals surface area contributed by atoms with Crippen molar-refractivity contribution in [3.8, 4) is 0 Å². The van der Waals surface area contributed by atoms with E-state index in [1.807, 2.05) is 44.3 Å². The number of nitrogens with zero attached hydrogens (tertiary/aromatic N) is 2. The van der Waals surface area contributed by atoms with Gasteiger partial charge in [0, 0.05) is 16.8 Å². The highest BCUT2D eigenvalue weighted by Gasteiger charge is 2.05. The molecule has 0 fully saturated rings. The van der Waals surface area contributed by atoms with Gasteiger partial charge in [0.2, 0.25) is 0 Å². The highest BCUT2D eigenvalue weighted by Crippen LogP contribution is 2.29. The summed E-state index contributed by atoms with van der Waals surface area (Å²) in [6, 6.07) is 7.54. The fourth-order valence-corrected chi connectivity index (χ4v) is 2.50. The maximum atomic E-state index is 11.3. The number of anilines is 1. The van der Waals surface area contributed by atoms with Gasteiger partial charge in [-0.2, -0.15) is 0 Å². The van der Waals surface area contributed by atoms with Gasteiger partial charge in [0.15, 0.2) is 0 Å². The van der Waals surface area contributed by atoms with Gasteiger partial charge < -0.3 is 4.74 Å². The van der Waals surface area contributed by atoms with E-state index < -0.39 is 6.09 Å². The second kappa shape index (κ2) is 7.08. The summed E-state index contributed by atoms with van der Waals surface area (Å²) in [6.45, 7) is 5.98. The first-order chi connectivity index (χ1) is 10.1. The van der Waals surface area contributed by atoms with E-state index in [9.17, 15) is 4.79 Å². The molecule has 0 bridgehead atoms. The zero-order valence-corrected chi connectivity index (χ0v) is 13.0. The molecule has 0 aliphatic carbocycles. The smallest absolute Gasteiger partial charge is 0.411 e. The highest BCUT2D eigenvalue weighted by atomic mass is 32.2. The predicted octanol–water partition coefficient (Wildman–Crippen LogP) is 3.81. The van der Waals surface area contributed by atoms with Crippen LogP contribution in [0.3, 0.4) is 0 Å². The summed E-state index contributed by atoms with van der Waals surface area (Å²) in [5, 5.41) is 3.60. The topological polar surface area (TPSA) is 64.1 Å². The second-order valence-electron chi connectivity index (χ2n) is 4.38. The van der Waals surface area contributed by atoms with Gasteiger partial charge >= 0.3 is 6.09 Å². The number of amides is 1. The number of aromatic nitrogens is 2. The van der Waals surface area contributed by atoms with Crippen LogP contribution in [0, 0.1) is 13.8 Å². The molecule has 1 aromatic carbocycles. The molecule has 6 heteroatoms. The molecule has 110 valence electrons. The molecule has 2 aromatic rings. The van der Waals surface area contributed by atoms with E-state index in [1.54, 1.807) is 18.7 Å². The molecule has 1 N–H and O–H groups in total. The maximum Gasteiger partial charge on any atom is 0.411 e. The van der Waals surface area contributed by atoms with E-state index in [4.69, 9.17) is 4.74 Å². The Morgan fingerprint density at radius 2 is 2.00 bits per heavy atom. The zero-order chi connectivity index (χ0) is 15.2. The van der Waals surface area contributed by atoms with Crippen molar-refractivity contribution in [2.24, 2.45) is 0 Å². The molecule has 0 atom stereocenters. The number of carbonyl (C=O) groups excluding carboxylic acids is 1. The summed E-state index contributed by atoms with van der Waals surface area (Å²) in [5.41, 5.74) is 1.74. The van der Waals surface area contributed by atoms with Crippen molar-refractivity contribution in [2.75, 3.05) is 11.9 Å². The monoisotopic (exact) mass is 303 g/mol. The minimum atomic E-state index is -0.444. The predicted molar refractivity (Wildman–Crippen MR) is 82.7 cm³/mol. The molecule has 0 aliphatic heterocycles. The fraction of sp³-hybridized carbons (Fsp3) is 0.267. The molecule has 2 rings (SSSR count). The number of rotatable bonds is 4. The molecular weight excluding hydrogens is 286 g/mol. The van der Waals surface area contributed by atoms with Gasteiger partial charge in [-0.1, -0.05) is 11.8 Å². The number of aryl methyl sites for hydroxylation is 2. The van der Waals surface area contributed by atoms with Gasteiger partial charge in [0.25, 0.3) is 0 Å². The first kappa shape index (κ1) is 15.3. The Kier molecular flexibility index (Phi) is 5.16.